The highest BCUT2D eigenvalue weighted by Gasteiger charge is 1.91. The van der Waals surface area contributed by atoms with Gasteiger partial charge in [0.25, 0.3) is 0 Å². The summed E-state index contributed by atoms with van der Waals surface area (Å²) in [6.07, 6.45) is 1.48. The first-order chi connectivity index (χ1) is 4.72. The molecule has 0 aliphatic heterocycles. The Morgan fingerprint density at radius 1 is 1.40 bits per heavy atom. The van der Waals surface area contributed by atoms with Gasteiger partial charge in [0.15, 0.2) is 0 Å². The Kier molecular flexibility index (Phi) is 13.7. The van der Waals surface area contributed by atoms with Gasteiger partial charge in [-0.25, -0.2) is 0 Å². The molecular formula is C8H17O2. The zero-order valence-corrected chi connectivity index (χ0v) is 7.14. The Morgan fingerprint density at radius 2 is 1.80 bits per heavy atom. The van der Waals surface area contributed by atoms with Gasteiger partial charge in [-0.2, -0.15) is 0 Å². The van der Waals surface area contributed by atoms with Crippen molar-refractivity contribution in [3.63, 3.8) is 0 Å². The minimum atomic E-state index is -0.123. The predicted octanol–water partition coefficient (Wildman–Crippen LogP) is 2.19. The molecule has 0 heterocycles. The molecule has 0 bridgehead atoms. The maximum atomic E-state index is 10.2. The Balaban J connectivity index is 0. The Labute approximate surface area is 63.6 Å². The van der Waals surface area contributed by atoms with E-state index in [0.29, 0.717) is 13.0 Å². The van der Waals surface area contributed by atoms with Crippen LogP contribution in [-0.2, 0) is 9.53 Å². The molecule has 0 rings (SSSR count). The molecule has 0 unspecified atom stereocenters. The van der Waals surface area contributed by atoms with E-state index in [1.807, 2.05) is 6.92 Å². The second kappa shape index (κ2) is 11.3. The van der Waals surface area contributed by atoms with Gasteiger partial charge < -0.3 is 4.74 Å². The van der Waals surface area contributed by atoms with Crippen LogP contribution < -0.4 is 0 Å². The predicted molar refractivity (Wildman–Crippen MR) is 42.6 cm³/mol. The molecular weight excluding hydrogens is 128 g/mol. The third-order valence-corrected chi connectivity index (χ3v) is 0.594. The minimum Gasteiger partial charge on any atom is -0.466 e. The van der Waals surface area contributed by atoms with Crippen LogP contribution in [0.5, 0.6) is 0 Å². The van der Waals surface area contributed by atoms with Crippen molar-refractivity contribution in [1.29, 1.82) is 0 Å². The zero-order chi connectivity index (χ0) is 8.41. The van der Waals surface area contributed by atoms with E-state index < -0.39 is 0 Å². The summed E-state index contributed by atoms with van der Waals surface area (Å²) in [4.78, 5) is 10.2. The molecule has 0 atom stereocenters. The summed E-state index contributed by atoms with van der Waals surface area (Å²) >= 11 is 0. The lowest BCUT2D eigenvalue weighted by molar-refractivity contribution is -0.142. The SMILES string of the molecule is CCOC(=O)CC.[CH2]CC. The fourth-order valence-corrected chi connectivity index (χ4v) is 0.263. The standard InChI is InChI=1S/C5H10O2.C3H7/c1-3-5(6)7-4-2;1-3-2/h3-4H2,1-2H3;1,3H2,2H3. The Bertz CT molecular complexity index is 69.7. The summed E-state index contributed by atoms with van der Waals surface area (Å²) in [6.45, 7) is 9.57. The Morgan fingerprint density at radius 3 is 1.90 bits per heavy atom. The second-order valence-electron chi connectivity index (χ2n) is 1.66. The van der Waals surface area contributed by atoms with E-state index in [0.717, 1.165) is 6.42 Å². The lowest BCUT2D eigenvalue weighted by atomic mass is 10.5. The summed E-state index contributed by atoms with van der Waals surface area (Å²) in [5, 5.41) is 0. The second-order valence-corrected chi connectivity index (χ2v) is 1.66. The highest BCUT2D eigenvalue weighted by atomic mass is 16.5. The summed E-state index contributed by atoms with van der Waals surface area (Å²) < 4.78 is 4.55. The lowest BCUT2D eigenvalue weighted by Gasteiger charge is -1.93. The number of hydrogen-bond donors (Lipinski definition) is 0. The number of ether oxygens (including phenoxy) is 1. The third-order valence-electron chi connectivity index (χ3n) is 0.594. The van der Waals surface area contributed by atoms with Gasteiger partial charge >= 0.3 is 5.97 Å². The van der Waals surface area contributed by atoms with Crippen molar-refractivity contribution in [2.24, 2.45) is 0 Å². The van der Waals surface area contributed by atoms with Gasteiger partial charge in [0, 0.05) is 6.42 Å². The molecule has 61 valence electrons. The molecule has 1 radical (unpaired) electrons. The molecule has 0 saturated heterocycles. The van der Waals surface area contributed by atoms with Crippen molar-refractivity contribution in [2.75, 3.05) is 6.61 Å². The number of carbonyl (C=O) groups is 1. The third kappa shape index (κ3) is 15.6. The van der Waals surface area contributed by atoms with Crippen LogP contribution in [0, 0.1) is 6.92 Å². The largest absolute Gasteiger partial charge is 0.466 e. The van der Waals surface area contributed by atoms with Crippen LogP contribution in [0.15, 0.2) is 0 Å². The molecule has 2 nitrogen and oxygen atoms in total. The average Bonchev–Trinajstić information content (AvgIpc) is 1.90. The summed E-state index contributed by atoms with van der Waals surface area (Å²) in [5.41, 5.74) is 0. The molecule has 0 saturated carbocycles. The highest BCUT2D eigenvalue weighted by molar-refractivity contribution is 5.68. The first-order valence-electron chi connectivity index (χ1n) is 3.67. The van der Waals surface area contributed by atoms with E-state index in [9.17, 15) is 4.79 Å². The normalized spacial score (nSPS) is 7.60. The monoisotopic (exact) mass is 145 g/mol. The van der Waals surface area contributed by atoms with E-state index in [1.165, 1.54) is 0 Å². The number of carbonyl (C=O) groups excluding carboxylic acids is 1. The topological polar surface area (TPSA) is 26.3 Å². The van der Waals surface area contributed by atoms with Gasteiger partial charge in [-0.05, 0) is 6.92 Å². The van der Waals surface area contributed by atoms with Gasteiger partial charge in [0.1, 0.15) is 0 Å². The molecule has 0 aliphatic carbocycles. The maximum absolute atomic E-state index is 10.2. The molecule has 0 fully saturated rings. The van der Waals surface area contributed by atoms with Crippen molar-refractivity contribution < 1.29 is 9.53 Å². The summed E-state index contributed by atoms with van der Waals surface area (Å²) in [7, 11) is 0. The zero-order valence-electron chi connectivity index (χ0n) is 7.14. The van der Waals surface area contributed by atoms with Gasteiger partial charge in [-0.3, -0.25) is 4.79 Å². The lowest BCUT2D eigenvalue weighted by Crippen LogP contribution is -2.00. The van der Waals surface area contributed by atoms with E-state index in [1.54, 1.807) is 13.8 Å². The van der Waals surface area contributed by atoms with Gasteiger partial charge in [0.2, 0.25) is 0 Å². The number of hydrogen-bond acceptors (Lipinski definition) is 2. The van der Waals surface area contributed by atoms with E-state index >= 15 is 0 Å². The molecule has 0 aromatic heterocycles. The van der Waals surface area contributed by atoms with Gasteiger partial charge in [0.05, 0.1) is 6.61 Å². The highest BCUT2D eigenvalue weighted by Crippen LogP contribution is 1.80. The molecule has 0 aromatic rings. The van der Waals surface area contributed by atoms with E-state index in [2.05, 4.69) is 11.7 Å². The van der Waals surface area contributed by atoms with Crippen LogP contribution in [-0.4, -0.2) is 12.6 Å². The molecule has 0 N–H and O–H groups in total. The smallest absolute Gasteiger partial charge is 0.305 e. The van der Waals surface area contributed by atoms with Crippen LogP contribution in [0.25, 0.3) is 0 Å². The van der Waals surface area contributed by atoms with Gasteiger partial charge in [-0.15, -0.1) is 0 Å². The molecule has 2 heteroatoms. The molecule has 0 aliphatic rings. The van der Waals surface area contributed by atoms with E-state index in [4.69, 9.17) is 0 Å². The van der Waals surface area contributed by atoms with Crippen LogP contribution in [0.3, 0.4) is 0 Å². The molecule has 0 spiro atoms. The van der Waals surface area contributed by atoms with Crippen molar-refractivity contribution in [3.05, 3.63) is 6.92 Å². The molecule has 10 heavy (non-hydrogen) atoms. The number of rotatable bonds is 2. The Hall–Kier alpha value is -0.530. The quantitative estimate of drug-likeness (QED) is 0.557. The first kappa shape index (κ1) is 12.2. The van der Waals surface area contributed by atoms with Crippen LogP contribution in [0.4, 0.5) is 0 Å². The minimum absolute atomic E-state index is 0.123. The molecule has 0 amide bonds. The fraction of sp³-hybridized carbons (Fsp3) is 0.750. The van der Waals surface area contributed by atoms with Gasteiger partial charge in [-0.1, -0.05) is 27.2 Å². The summed E-state index contributed by atoms with van der Waals surface area (Å²) in [6, 6.07) is 0. The molecule has 0 aromatic carbocycles. The van der Waals surface area contributed by atoms with Crippen molar-refractivity contribution >= 4 is 5.97 Å². The first-order valence-corrected chi connectivity index (χ1v) is 3.67. The van der Waals surface area contributed by atoms with Crippen molar-refractivity contribution in [2.45, 2.75) is 33.6 Å². The number of esters is 1. The van der Waals surface area contributed by atoms with Crippen LogP contribution in [0.2, 0.25) is 0 Å². The van der Waals surface area contributed by atoms with Crippen molar-refractivity contribution in [3.8, 4) is 0 Å². The van der Waals surface area contributed by atoms with Crippen molar-refractivity contribution in [1.82, 2.24) is 0 Å². The maximum Gasteiger partial charge on any atom is 0.305 e. The summed E-state index contributed by atoms with van der Waals surface area (Å²) in [5.74, 6) is -0.123. The fourth-order valence-electron chi connectivity index (χ4n) is 0.263. The van der Waals surface area contributed by atoms with Crippen LogP contribution in [0.1, 0.15) is 33.6 Å². The average molecular weight is 145 g/mol. The van der Waals surface area contributed by atoms with E-state index in [-0.39, 0.29) is 5.97 Å². The van der Waals surface area contributed by atoms with Crippen LogP contribution >= 0.6 is 0 Å².